The average Bonchev–Trinajstić information content (AvgIpc) is 2.69. The molecule has 1 aromatic rings. The molecule has 1 aromatic heterocycles. The van der Waals surface area contributed by atoms with Gasteiger partial charge in [0.1, 0.15) is 17.9 Å². The van der Waals surface area contributed by atoms with Crippen molar-refractivity contribution in [2.75, 3.05) is 13.7 Å². The van der Waals surface area contributed by atoms with Gasteiger partial charge >= 0.3 is 11.7 Å². The summed E-state index contributed by atoms with van der Waals surface area (Å²) in [5, 5.41) is 26.0. The normalized spacial score (nSPS) is 11.8. The van der Waals surface area contributed by atoms with Gasteiger partial charge in [-0.3, -0.25) is 19.6 Å². The van der Waals surface area contributed by atoms with E-state index in [9.17, 15) is 19.7 Å². The monoisotopic (exact) mass is 300 g/mol. The van der Waals surface area contributed by atoms with Gasteiger partial charge in [-0.2, -0.15) is 5.10 Å². The Morgan fingerprint density at radius 3 is 2.57 bits per heavy atom. The molecule has 1 atom stereocenters. The zero-order valence-corrected chi connectivity index (χ0v) is 11.8. The highest BCUT2D eigenvalue weighted by atomic mass is 16.6. The van der Waals surface area contributed by atoms with Crippen LogP contribution in [0.15, 0.2) is 0 Å². The maximum Gasteiger partial charge on any atom is 0.330 e. The number of ether oxygens (including phenoxy) is 1. The van der Waals surface area contributed by atoms with Crippen molar-refractivity contribution < 1.29 is 24.4 Å². The van der Waals surface area contributed by atoms with Crippen LogP contribution in [0.2, 0.25) is 0 Å². The number of aromatic nitrogens is 2. The van der Waals surface area contributed by atoms with Gasteiger partial charge in [-0.05, 0) is 13.8 Å². The largest absolute Gasteiger partial charge is 0.467 e. The first-order chi connectivity index (χ1) is 9.81. The Balaban J connectivity index is 2.82. The van der Waals surface area contributed by atoms with Crippen molar-refractivity contribution >= 4 is 17.6 Å². The first-order valence-electron chi connectivity index (χ1n) is 5.98. The van der Waals surface area contributed by atoms with Crippen LogP contribution < -0.4 is 5.32 Å². The number of nitro groups is 1. The average molecular weight is 300 g/mol. The summed E-state index contributed by atoms with van der Waals surface area (Å²) >= 11 is 0. The molecule has 0 aliphatic heterocycles. The minimum absolute atomic E-state index is 0.158. The van der Waals surface area contributed by atoms with Crippen molar-refractivity contribution in [3.63, 3.8) is 0 Å². The molecule has 0 aliphatic carbocycles. The number of aryl methyl sites for hydroxylation is 1. The molecule has 1 amide bonds. The van der Waals surface area contributed by atoms with Crippen molar-refractivity contribution in [1.82, 2.24) is 15.1 Å². The smallest absolute Gasteiger partial charge is 0.330 e. The van der Waals surface area contributed by atoms with Crippen LogP contribution in [0.25, 0.3) is 0 Å². The van der Waals surface area contributed by atoms with Crippen LogP contribution in [0.4, 0.5) is 5.69 Å². The third-order valence-electron chi connectivity index (χ3n) is 2.82. The summed E-state index contributed by atoms with van der Waals surface area (Å²) in [5.41, 5.74) is 0.262. The minimum Gasteiger partial charge on any atom is -0.467 e. The Kier molecular flexibility index (Phi) is 5.36. The van der Waals surface area contributed by atoms with Crippen molar-refractivity contribution in [3.05, 3.63) is 21.5 Å². The Morgan fingerprint density at radius 1 is 1.52 bits per heavy atom. The second kappa shape index (κ2) is 6.79. The van der Waals surface area contributed by atoms with Crippen molar-refractivity contribution in [2.24, 2.45) is 0 Å². The lowest BCUT2D eigenvalue weighted by molar-refractivity contribution is -0.386. The van der Waals surface area contributed by atoms with Crippen LogP contribution in [0, 0.1) is 24.0 Å². The fourth-order valence-electron chi connectivity index (χ4n) is 1.80. The fraction of sp³-hybridized carbons (Fsp3) is 0.545. The van der Waals surface area contributed by atoms with E-state index in [2.05, 4.69) is 15.2 Å². The predicted octanol–water partition coefficient (Wildman–Crippen LogP) is -0.942. The first kappa shape index (κ1) is 16.6. The van der Waals surface area contributed by atoms with Gasteiger partial charge in [0.05, 0.1) is 18.6 Å². The quantitative estimate of drug-likeness (QED) is 0.393. The van der Waals surface area contributed by atoms with Gasteiger partial charge in [0.25, 0.3) is 0 Å². The molecule has 10 heteroatoms. The van der Waals surface area contributed by atoms with Gasteiger partial charge in [-0.15, -0.1) is 0 Å². The Hall–Kier alpha value is -2.49. The van der Waals surface area contributed by atoms with Crippen LogP contribution in [-0.2, 0) is 20.9 Å². The van der Waals surface area contributed by atoms with Gasteiger partial charge in [0, 0.05) is 0 Å². The van der Waals surface area contributed by atoms with Gasteiger partial charge in [-0.25, -0.2) is 4.79 Å². The van der Waals surface area contributed by atoms with E-state index >= 15 is 0 Å². The standard InChI is InChI=1S/C11H16N4O6/c1-6-10(15(19)20)7(2)14(13-6)4-9(17)12-8(5-16)11(18)21-3/h8,16H,4-5H2,1-3H3,(H,12,17). The highest BCUT2D eigenvalue weighted by molar-refractivity contribution is 5.84. The molecule has 0 fully saturated rings. The molecule has 21 heavy (non-hydrogen) atoms. The summed E-state index contributed by atoms with van der Waals surface area (Å²) < 4.78 is 5.57. The summed E-state index contributed by atoms with van der Waals surface area (Å²) in [6.07, 6.45) is 0. The number of hydrogen-bond acceptors (Lipinski definition) is 7. The maximum absolute atomic E-state index is 11.8. The van der Waals surface area contributed by atoms with Crippen molar-refractivity contribution in [3.8, 4) is 0 Å². The predicted molar refractivity (Wildman–Crippen MR) is 69.4 cm³/mol. The Morgan fingerprint density at radius 2 is 2.14 bits per heavy atom. The van der Waals surface area contributed by atoms with Crippen LogP contribution in [-0.4, -0.2) is 51.4 Å². The molecule has 1 rings (SSSR count). The highest BCUT2D eigenvalue weighted by Gasteiger charge is 2.25. The number of aliphatic hydroxyl groups excluding tert-OH is 1. The number of nitrogens with one attached hydrogen (secondary N) is 1. The number of aliphatic hydroxyl groups is 1. The lowest BCUT2D eigenvalue weighted by Gasteiger charge is -2.13. The topological polar surface area (TPSA) is 137 Å². The molecule has 1 unspecified atom stereocenters. The second-order valence-corrected chi connectivity index (χ2v) is 4.26. The second-order valence-electron chi connectivity index (χ2n) is 4.26. The summed E-state index contributed by atoms with van der Waals surface area (Å²) in [7, 11) is 1.13. The zero-order valence-electron chi connectivity index (χ0n) is 11.8. The summed E-state index contributed by atoms with van der Waals surface area (Å²) in [6, 6.07) is -1.19. The number of hydrogen-bond donors (Lipinski definition) is 2. The molecule has 0 saturated heterocycles. The molecular formula is C11H16N4O6. The van der Waals surface area contributed by atoms with Crippen LogP contribution in [0.5, 0.6) is 0 Å². The van der Waals surface area contributed by atoms with E-state index < -0.39 is 29.4 Å². The van der Waals surface area contributed by atoms with E-state index in [1.807, 2.05) is 0 Å². The zero-order chi connectivity index (χ0) is 16.2. The molecule has 1 heterocycles. The SMILES string of the molecule is COC(=O)C(CO)NC(=O)Cn1nc(C)c([N+](=O)[O-])c1C. The lowest BCUT2D eigenvalue weighted by atomic mass is 10.3. The lowest BCUT2D eigenvalue weighted by Crippen LogP contribution is -2.45. The molecule has 0 saturated carbocycles. The van der Waals surface area contributed by atoms with E-state index in [0.29, 0.717) is 0 Å². The van der Waals surface area contributed by atoms with Crippen LogP contribution in [0.3, 0.4) is 0 Å². The number of nitrogens with zero attached hydrogens (tertiary/aromatic N) is 3. The summed E-state index contributed by atoms with van der Waals surface area (Å²) in [5.74, 6) is -1.41. The van der Waals surface area contributed by atoms with E-state index in [0.717, 1.165) is 11.8 Å². The van der Waals surface area contributed by atoms with Crippen molar-refractivity contribution in [1.29, 1.82) is 0 Å². The highest BCUT2D eigenvalue weighted by Crippen LogP contribution is 2.21. The van der Waals surface area contributed by atoms with Crippen LogP contribution in [0.1, 0.15) is 11.4 Å². The molecule has 0 aliphatic rings. The summed E-state index contributed by atoms with van der Waals surface area (Å²) in [6.45, 7) is 2.00. The third kappa shape index (κ3) is 3.75. The maximum atomic E-state index is 11.8. The Labute approximate surface area is 119 Å². The van der Waals surface area contributed by atoms with E-state index in [4.69, 9.17) is 5.11 Å². The number of carbonyl (C=O) groups excluding carboxylic acids is 2. The molecule has 0 aromatic carbocycles. The number of rotatable bonds is 6. The number of amides is 1. The fourth-order valence-corrected chi connectivity index (χ4v) is 1.80. The minimum atomic E-state index is -1.19. The van der Waals surface area contributed by atoms with E-state index in [1.54, 1.807) is 0 Å². The molecule has 0 bridgehead atoms. The molecular weight excluding hydrogens is 284 g/mol. The first-order valence-corrected chi connectivity index (χ1v) is 5.98. The van der Waals surface area contributed by atoms with Crippen molar-refractivity contribution in [2.45, 2.75) is 26.4 Å². The molecule has 2 N–H and O–H groups in total. The summed E-state index contributed by atoms with van der Waals surface area (Å²) in [4.78, 5) is 33.3. The molecule has 10 nitrogen and oxygen atoms in total. The number of esters is 1. The van der Waals surface area contributed by atoms with Gasteiger partial charge in [0.15, 0.2) is 6.04 Å². The molecule has 0 spiro atoms. The number of carbonyl (C=O) groups is 2. The molecule has 116 valence electrons. The van der Waals surface area contributed by atoms with E-state index in [1.165, 1.54) is 13.8 Å². The number of methoxy groups -OCH3 is 1. The Bertz CT molecular complexity index is 567. The van der Waals surface area contributed by atoms with E-state index in [-0.39, 0.29) is 23.6 Å². The van der Waals surface area contributed by atoms with Gasteiger partial charge in [-0.1, -0.05) is 0 Å². The van der Waals surface area contributed by atoms with Crippen LogP contribution >= 0.6 is 0 Å². The molecule has 0 radical (unpaired) electrons. The van der Waals surface area contributed by atoms with Gasteiger partial charge in [0.2, 0.25) is 5.91 Å². The van der Waals surface area contributed by atoms with Gasteiger partial charge < -0.3 is 15.2 Å². The third-order valence-corrected chi connectivity index (χ3v) is 2.82.